The van der Waals surface area contributed by atoms with E-state index in [9.17, 15) is 4.79 Å². The second-order valence-corrected chi connectivity index (χ2v) is 6.48. The van der Waals surface area contributed by atoms with E-state index in [1.807, 2.05) is 36.4 Å². The SMILES string of the molecule is O=C(COc1ccc2ccc(Br)cc2c1)Cc1ccc(Cl)cn1. The van der Waals surface area contributed by atoms with Gasteiger partial charge < -0.3 is 4.74 Å². The van der Waals surface area contributed by atoms with Crippen molar-refractivity contribution in [3.8, 4) is 5.75 Å². The zero-order valence-corrected chi connectivity index (χ0v) is 14.5. The van der Waals surface area contributed by atoms with Crippen molar-refractivity contribution < 1.29 is 9.53 Å². The number of ether oxygens (including phenoxy) is 1. The van der Waals surface area contributed by atoms with Gasteiger partial charge in [-0.1, -0.05) is 39.7 Å². The highest BCUT2D eigenvalue weighted by atomic mass is 79.9. The molecule has 116 valence electrons. The first-order valence-electron chi connectivity index (χ1n) is 7.04. The molecule has 23 heavy (non-hydrogen) atoms. The summed E-state index contributed by atoms with van der Waals surface area (Å²) in [5, 5.41) is 2.74. The zero-order chi connectivity index (χ0) is 16.2. The highest BCUT2D eigenvalue weighted by Gasteiger charge is 2.07. The molecule has 0 saturated heterocycles. The molecular weight excluding hydrogens is 378 g/mol. The van der Waals surface area contributed by atoms with E-state index in [4.69, 9.17) is 16.3 Å². The van der Waals surface area contributed by atoms with E-state index in [1.54, 1.807) is 12.1 Å². The zero-order valence-electron chi connectivity index (χ0n) is 12.1. The molecular formula is C18H13BrClNO2. The number of aromatic nitrogens is 1. The average molecular weight is 391 g/mol. The molecule has 1 aromatic heterocycles. The summed E-state index contributed by atoms with van der Waals surface area (Å²) in [6.07, 6.45) is 1.77. The van der Waals surface area contributed by atoms with Gasteiger partial charge in [0.25, 0.3) is 0 Å². The van der Waals surface area contributed by atoms with E-state index in [2.05, 4.69) is 20.9 Å². The molecule has 3 aromatic rings. The molecule has 0 aliphatic rings. The monoisotopic (exact) mass is 389 g/mol. The molecule has 0 aliphatic heterocycles. The van der Waals surface area contributed by atoms with Gasteiger partial charge in [-0.25, -0.2) is 0 Å². The summed E-state index contributed by atoms with van der Waals surface area (Å²) in [6.45, 7) is 0.0177. The van der Waals surface area contributed by atoms with Gasteiger partial charge in [0, 0.05) is 16.4 Å². The molecule has 0 amide bonds. The van der Waals surface area contributed by atoms with E-state index >= 15 is 0 Å². The second-order valence-electron chi connectivity index (χ2n) is 5.13. The highest BCUT2D eigenvalue weighted by Crippen LogP contribution is 2.24. The molecule has 3 nitrogen and oxygen atoms in total. The number of fused-ring (bicyclic) bond motifs is 1. The summed E-state index contributed by atoms with van der Waals surface area (Å²) in [6, 6.07) is 15.3. The number of halogens is 2. The van der Waals surface area contributed by atoms with Crippen molar-refractivity contribution in [1.29, 1.82) is 0 Å². The molecule has 0 N–H and O–H groups in total. The maximum atomic E-state index is 12.0. The minimum absolute atomic E-state index is 0.0177. The molecule has 0 radical (unpaired) electrons. The standard InChI is InChI=1S/C18H13BrClNO2/c19-14-3-1-12-2-6-18(8-13(12)7-14)23-11-17(22)9-16-5-4-15(20)10-21-16/h1-8,10H,9,11H2. The molecule has 1 heterocycles. The number of ketones is 1. The molecule has 3 rings (SSSR count). The first-order valence-corrected chi connectivity index (χ1v) is 8.21. The molecule has 2 aromatic carbocycles. The summed E-state index contributed by atoms with van der Waals surface area (Å²) in [5.74, 6) is 0.641. The summed E-state index contributed by atoms with van der Waals surface area (Å²) in [5.41, 5.74) is 0.686. The van der Waals surface area contributed by atoms with Crippen LogP contribution in [0, 0.1) is 0 Å². The fourth-order valence-corrected chi connectivity index (χ4v) is 2.70. The Balaban J connectivity index is 1.63. The molecule has 0 spiro atoms. The topological polar surface area (TPSA) is 39.2 Å². The average Bonchev–Trinajstić information content (AvgIpc) is 2.54. The number of hydrogen-bond acceptors (Lipinski definition) is 3. The van der Waals surface area contributed by atoms with Crippen molar-refractivity contribution in [2.45, 2.75) is 6.42 Å². The van der Waals surface area contributed by atoms with Crippen molar-refractivity contribution in [3.63, 3.8) is 0 Å². The maximum Gasteiger partial charge on any atom is 0.176 e. The van der Waals surface area contributed by atoms with Gasteiger partial charge >= 0.3 is 0 Å². The van der Waals surface area contributed by atoms with Crippen LogP contribution in [-0.2, 0) is 11.2 Å². The van der Waals surface area contributed by atoms with Crippen molar-refractivity contribution in [2.24, 2.45) is 0 Å². The van der Waals surface area contributed by atoms with Crippen LogP contribution in [0.2, 0.25) is 5.02 Å². The van der Waals surface area contributed by atoms with Crippen LogP contribution in [0.1, 0.15) is 5.69 Å². The van der Waals surface area contributed by atoms with E-state index in [0.29, 0.717) is 16.5 Å². The Morgan fingerprint density at radius 2 is 1.91 bits per heavy atom. The van der Waals surface area contributed by atoms with Gasteiger partial charge in [-0.3, -0.25) is 9.78 Å². The number of benzene rings is 2. The molecule has 0 fully saturated rings. The van der Waals surface area contributed by atoms with Gasteiger partial charge in [0.2, 0.25) is 0 Å². The quantitative estimate of drug-likeness (QED) is 0.625. The minimum Gasteiger partial charge on any atom is -0.486 e. The Morgan fingerprint density at radius 1 is 1.09 bits per heavy atom. The van der Waals surface area contributed by atoms with E-state index in [1.165, 1.54) is 6.20 Å². The summed E-state index contributed by atoms with van der Waals surface area (Å²) in [4.78, 5) is 16.1. The van der Waals surface area contributed by atoms with Crippen molar-refractivity contribution >= 4 is 44.1 Å². The number of nitrogens with zero attached hydrogens (tertiary/aromatic N) is 1. The Labute approximate surface area is 147 Å². The minimum atomic E-state index is -0.0332. The number of pyridine rings is 1. The fourth-order valence-electron chi connectivity index (χ4n) is 2.21. The lowest BCUT2D eigenvalue weighted by molar-refractivity contribution is -0.120. The lowest BCUT2D eigenvalue weighted by Crippen LogP contribution is -2.14. The fraction of sp³-hybridized carbons (Fsp3) is 0.111. The predicted molar refractivity (Wildman–Crippen MR) is 95.1 cm³/mol. The van der Waals surface area contributed by atoms with Gasteiger partial charge in [-0.2, -0.15) is 0 Å². The van der Waals surface area contributed by atoms with E-state index in [0.717, 1.165) is 15.2 Å². The van der Waals surface area contributed by atoms with Crippen molar-refractivity contribution in [1.82, 2.24) is 4.98 Å². The molecule has 0 unspecified atom stereocenters. The van der Waals surface area contributed by atoms with Crippen LogP contribution >= 0.6 is 27.5 Å². The lowest BCUT2D eigenvalue weighted by Gasteiger charge is -2.07. The van der Waals surface area contributed by atoms with Crippen LogP contribution in [0.3, 0.4) is 0 Å². The smallest absolute Gasteiger partial charge is 0.176 e. The third-order valence-electron chi connectivity index (χ3n) is 3.34. The Bertz CT molecular complexity index is 849. The maximum absolute atomic E-state index is 12.0. The highest BCUT2D eigenvalue weighted by molar-refractivity contribution is 9.10. The first kappa shape index (κ1) is 16.0. The van der Waals surface area contributed by atoms with E-state index < -0.39 is 0 Å². The normalized spacial score (nSPS) is 10.7. The number of rotatable bonds is 5. The lowest BCUT2D eigenvalue weighted by atomic mass is 10.1. The first-order chi connectivity index (χ1) is 11.1. The third kappa shape index (κ3) is 4.30. The Kier molecular flexibility index (Phi) is 4.94. The Hall–Kier alpha value is -1.91. The van der Waals surface area contributed by atoms with Crippen LogP contribution in [-0.4, -0.2) is 17.4 Å². The number of carbonyl (C=O) groups is 1. The van der Waals surface area contributed by atoms with Crippen LogP contribution in [0.15, 0.2) is 59.2 Å². The summed E-state index contributed by atoms with van der Waals surface area (Å²) >= 11 is 9.22. The van der Waals surface area contributed by atoms with Crippen LogP contribution < -0.4 is 4.74 Å². The number of hydrogen-bond donors (Lipinski definition) is 0. The Morgan fingerprint density at radius 3 is 2.70 bits per heavy atom. The van der Waals surface area contributed by atoms with Gasteiger partial charge in [-0.15, -0.1) is 0 Å². The van der Waals surface area contributed by atoms with Gasteiger partial charge in [-0.05, 0) is 47.2 Å². The molecule has 0 atom stereocenters. The predicted octanol–water partition coefficient (Wildman–Crippen LogP) is 4.84. The van der Waals surface area contributed by atoms with Crippen molar-refractivity contribution in [2.75, 3.05) is 6.61 Å². The number of carbonyl (C=O) groups excluding carboxylic acids is 1. The number of Topliss-reactive ketones (excluding diaryl/α,β-unsaturated/α-hetero) is 1. The van der Waals surface area contributed by atoms with Gasteiger partial charge in [0.15, 0.2) is 5.78 Å². The van der Waals surface area contributed by atoms with Crippen LogP contribution in [0.25, 0.3) is 10.8 Å². The van der Waals surface area contributed by atoms with Crippen LogP contribution in [0.4, 0.5) is 0 Å². The van der Waals surface area contributed by atoms with Crippen molar-refractivity contribution in [3.05, 3.63) is 69.9 Å². The van der Waals surface area contributed by atoms with Gasteiger partial charge in [0.1, 0.15) is 12.4 Å². The molecule has 0 bridgehead atoms. The molecule has 0 aliphatic carbocycles. The summed E-state index contributed by atoms with van der Waals surface area (Å²) in [7, 11) is 0. The van der Waals surface area contributed by atoms with Crippen LogP contribution in [0.5, 0.6) is 5.75 Å². The summed E-state index contributed by atoms with van der Waals surface area (Å²) < 4.78 is 6.60. The molecule has 5 heteroatoms. The molecule has 0 saturated carbocycles. The third-order valence-corrected chi connectivity index (χ3v) is 4.06. The largest absolute Gasteiger partial charge is 0.486 e. The van der Waals surface area contributed by atoms with Gasteiger partial charge in [0.05, 0.1) is 11.4 Å². The second kappa shape index (κ2) is 7.11. The van der Waals surface area contributed by atoms with E-state index in [-0.39, 0.29) is 18.8 Å².